The van der Waals surface area contributed by atoms with E-state index in [2.05, 4.69) is 5.32 Å². The molecule has 1 aliphatic rings. The summed E-state index contributed by atoms with van der Waals surface area (Å²) in [5, 5.41) is 8.05. The van der Waals surface area contributed by atoms with Gasteiger partial charge in [0.15, 0.2) is 0 Å². The number of amides is 1. The Balaban J connectivity index is 2.36. The predicted molar refractivity (Wildman–Crippen MR) is 74.3 cm³/mol. The van der Waals surface area contributed by atoms with Crippen LogP contribution in [0, 0.1) is 6.92 Å². The van der Waals surface area contributed by atoms with Gasteiger partial charge in [-0.1, -0.05) is 11.6 Å². The lowest BCUT2D eigenvalue weighted by atomic mass is 10.1. The maximum atomic E-state index is 12.2. The van der Waals surface area contributed by atoms with Crippen molar-refractivity contribution in [2.45, 2.75) is 24.3 Å². The molecule has 1 fully saturated rings. The molecule has 3 N–H and O–H groups in total. The average molecular weight is 319 g/mol. The van der Waals surface area contributed by atoms with Gasteiger partial charge >= 0.3 is 0 Å². The van der Waals surface area contributed by atoms with Crippen LogP contribution in [0.1, 0.15) is 22.3 Å². The Kier molecular flexibility index (Phi) is 4.33. The first-order valence-corrected chi connectivity index (χ1v) is 7.93. The van der Waals surface area contributed by atoms with E-state index in [-0.39, 0.29) is 33.0 Å². The van der Waals surface area contributed by atoms with E-state index in [1.165, 1.54) is 19.1 Å². The summed E-state index contributed by atoms with van der Waals surface area (Å²) in [4.78, 5) is 12.1. The highest BCUT2D eigenvalue weighted by atomic mass is 35.5. The molecule has 2 rings (SSSR count). The Morgan fingerprint density at radius 2 is 2.20 bits per heavy atom. The number of ether oxygens (including phenoxy) is 1. The van der Waals surface area contributed by atoms with Crippen molar-refractivity contribution in [2.75, 3.05) is 13.2 Å². The highest BCUT2D eigenvalue weighted by Crippen LogP contribution is 2.24. The van der Waals surface area contributed by atoms with E-state index in [1.807, 2.05) is 0 Å². The lowest BCUT2D eigenvalue weighted by molar-refractivity contribution is 0.0929. The number of nitrogens with two attached hydrogens (primary N) is 1. The van der Waals surface area contributed by atoms with Crippen LogP contribution in [0.25, 0.3) is 0 Å². The molecule has 1 atom stereocenters. The second kappa shape index (κ2) is 5.69. The molecule has 1 aliphatic heterocycles. The molecule has 0 aromatic heterocycles. The Morgan fingerprint density at radius 1 is 1.50 bits per heavy atom. The minimum atomic E-state index is -3.93. The highest BCUT2D eigenvalue weighted by molar-refractivity contribution is 7.89. The van der Waals surface area contributed by atoms with Crippen molar-refractivity contribution in [3.8, 4) is 0 Å². The fourth-order valence-corrected chi connectivity index (χ4v) is 3.21. The summed E-state index contributed by atoms with van der Waals surface area (Å²) >= 11 is 5.86. The molecule has 0 spiro atoms. The van der Waals surface area contributed by atoms with Gasteiger partial charge in [0.05, 0.1) is 17.5 Å². The SMILES string of the molecule is Cc1c(C(=O)NC2CCOC2)cc(Cl)cc1S(N)(=O)=O. The third-order valence-electron chi connectivity index (χ3n) is 3.14. The van der Waals surface area contributed by atoms with Crippen molar-refractivity contribution >= 4 is 27.5 Å². The lowest BCUT2D eigenvalue weighted by Crippen LogP contribution is -2.35. The third-order valence-corrected chi connectivity index (χ3v) is 4.40. The Hall–Kier alpha value is -1.15. The van der Waals surface area contributed by atoms with Crippen LogP contribution in [0.2, 0.25) is 5.02 Å². The molecule has 110 valence electrons. The van der Waals surface area contributed by atoms with Crippen molar-refractivity contribution in [1.29, 1.82) is 0 Å². The maximum Gasteiger partial charge on any atom is 0.251 e. The summed E-state index contributed by atoms with van der Waals surface area (Å²) in [5.74, 6) is -0.384. The Bertz CT molecular complexity index is 639. The number of halogens is 1. The molecule has 1 aromatic rings. The average Bonchev–Trinajstić information content (AvgIpc) is 2.83. The van der Waals surface area contributed by atoms with Crippen LogP contribution in [0.5, 0.6) is 0 Å². The molecule has 0 saturated carbocycles. The van der Waals surface area contributed by atoms with Gasteiger partial charge in [-0.15, -0.1) is 0 Å². The van der Waals surface area contributed by atoms with Gasteiger partial charge in [-0.25, -0.2) is 13.6 Å². The van der Waals surface area contributed by atoms with Crippen LogP contribution in [0.4, 0.5) is 0 Å². The summed E-state index contributed by atoms with van der Waals surface area (Å²) in [6.45, 7) is 2.57. The third kappa shape index (κ3) is 3.29. The van der Waals surface area contributed by atoms with Gasteiger partial charge in [-0.05, 0) is 31.0 Å². The standard InChI is InChI=1S/C12H15ClN2O4S/c1-7-10(12(16)15-9-2-3-19-6-9)4-8(13)5-11(7)20(14,17)18/h4-5,9H,2-3,6H2,1H3,(H,15,16)(H2,14,17,18). The number of primary sulfonamides is 1. The molecule has 8 heteroatoms. The summed E-state index contributed by atoms with van der Waals surface area (Å²) < 4.78 is 28.2. The van der Waals surface area contributed by atoms with Crippen molar-refractivity contribution < 1.29 is 17.9 Å². The second-order valence-corrected chi connectivity index (χ2v) is 6.62. The van der Waals surface area contributed by atoms with Gasteiger partial charge in [0.25, 0.3) is 5.91 Å². The fourth-order valence-electron chi connectivity index (χ4n) is 2.10. The van der Waals surface area contributed by atoms with E-state index in [0.717, 1.165) is 6.42 Å². The number of rotatable bonds is 3. The summed E-state index contributed by atoms with van der Waals surface area (Å²) in [6.07, 6.45) is 0.730. The van der Waals surface area contributed by atoms with E-state index in [9.17, 15) is 13.2 Å². The number of carbonyl (C=O) groups excluding carboxylic acids is 1. The zero-order chi connectivity index (χ0) is 14.9. The van der Waals surface area contributed by atoms with E-state index in [0.29, 0.717) is 13.2 Å². The second-order valence-electron chi connectivity index (χ2n) is 4.66. The van der Waals surface area contributed by atoms with Gasteiger partial charge in [-0.2, -0.15) is 0 Å². The molecule has 6 nitrogen and oxygen atoms in total. The molecular weight excluding hydrogens is 304 g/mol. The first-order chi connectivity index (χ1) is 9.29. The molecule has 1 amide bonds. The van der Waals surface area contributed by atoms with Gasteiger partial charge in [0, 0.05) is 17.2 Å². The largest absolute Gasteiger partial charge is 0.379 e. The van der Waals surface area contributed by atoms with E-state index < -0.39 is 10.0 Å². The minimum absolute atomic E-state index is 0.0705. The highest BCUT2D eigenvalue weighted by Gasteiger charge is 2.23. The molecular formula is C12H15ClN2O4S. The monoisotopic (exact) mass is 318 g/mol. The molecule has 0 aliphatic carbocycles. The van der Waals surface area contributed by atoms with Crippen LogP contribution in [-0.2, 0) is 14.8 Å². The lowest BCUT2D eigenvalue weighted by Gasteiger charge is -2.14. The van der Waals surface area contributed by atoms with Crippen LogP contribution in [0.3, 0.4) is 0 Å². The van der Waals surface area contributed by atoms with Crippen molar-refractivity contribution in [1.82, 2.24) is 5.32 Å². The van der Waals surface area contributed by atoms with Gasteiger partial charge < -0.3 is 10.1 Å². The van der Waals surface area contributed by atoms with E-state index >= 15 is 0 Å². The first-order valence-electron chi connectivity index (χ1n) is 6.00. The maximum absolute atomic E-state index is 12.2. The summed E-state index contributed by atoms with van der Waals surface area (Å²) in [6, 6.07) is 2.59. The van der Waals surface area contributed by atoms with Gasteiger partial charge in [-0.3, -0.25) is 4.79 Å². The number of nitrogens with one attached hydrogen (secondary N) is 1. The van der Waals surface area contributed by atoms with Crippen LogP contribution in [-0.4, -0.2) is 33.6 Å². The number of hydrogen-bond acceptors (Lipinski definition) is 4. The van der Waals surface area contributed by atoms with Crippen LogP contribution < -0.4 is 10.5 Å². The summed E-state index contributed by atoms with van der Waals surface area (Å²) in [5.41, 5.74) is 0.488. The van der Waals surface area contributed by atoms with Crippen molar-refractivity contribution in [3.05, 3.63) is 28.3 Å². The van der Waals surface area contributed by atoms with Gasteiger partial charge in [0.2, 0.25) is 10.0 Å². The quantitative estimate of drug-likeness (QED) is 0.861. The van der Waals surface area contributed by atoms with E-state index in [1.54, 1.807) is 0 Å². The molecule has 1 unspecified atom stereocenters. The molecule has 1 saturated heterocycles. The predicted octanol–water partition coefficient (Wildman–Crippen LogP) is 0.815. The van der Waals surface area contributed by atoms with E-state index in [4.69, 9.17) is 21.5 Å². The Morgan fingerprint density at radius 3 is 2.75 bits per heavy atom. The number of sulfonamides is 1. The Labute approximate surface area is 122 Å². The first kappa shape index (κ1) is 15.2. The molecule has 20 heavy (non-hydrogen) atoms. The number of hydrogen-bond donors (Lipinski definition) is 2. The van der Waals surface area contributed by atoms with Crippen molar-refractivity contribution in [2.24, 2.45) is 5.14 Å². The fraction of sp³-hybridized carbons (Fsp3) is 0.417. The van der Waals surface area contributed by atoms with Crippen LogP contribution >= 0.6 is 11.6 Å². The normalized spacial score (nSPS) is 19.1. The number of benzene rings is 1. The van der Waals surface area contributed by atoms with Gasteiger partial charge in [0.1, 0.15) is 0 Å². The smallest absolute Gasteiger partial charge is 0.251 e. The molecule has 1 heterocycles. The van der Waals surface area contributed by atoms with Crippen LogP contribution in [0.15, 0.2) is 17.0 Å². The number of carbonyl (C=O) groups is 1. The van der Waals surface area contributed by atoms with Crippen molar-refractivity contribution in [3.63, 3.8) is 0 Å². The molecule has 0 radical (unpaired) electrons. The zero-order valence-corrected chi connectivity index (χ0v) is 12.4. The topological polar surface area (TPSA) is 98.5 Å². The zero-order valence-electron chi connectivity index (χ0n) is 10.8. The summed E-state index contributed by atoms with van der Waals surface area (Å²) in [7, 11) is -3.93. The molecule has 0 bridgehead atoms. The molecule has 1 aromatic carbocycles. The minimum Gasteiger partial charge on any atom is -0.379 e.